The van der Waals surface area contributed by atoms with Crippen molar-refractivity contribution in [2.45, 2.75) is 15.5 Å². The number of carbonyl (C=O) groups excluding carboxylic acids is 1. The molecule has 2 aromatic carbocycles. The first kappa shape index (κ1) is 17.4. The van der Waals surface area contributed by atoms with Gasteiger partial charge in [-0.15, -0.1) is 11.8 Å². The molecule has 1 amide bonds. The third kappa shape index (κ3) is 4.08. The van der Waals surface area contributed by atoms with Gasteiger partial charge >= 0.3 is 5.76 Å². The standard InChI is InChI=1S/C15H13F2NO3S2/c1-22-12-4-2-3-11(9-12)18-14(19)10-5-7-13(8-6-10)23(20,21)15(16)17/h2-9,15H,1H3,(H,18,19). The highest BCUT2D eigenvalue weighted by Crippen LogP contribution is 2.21. The number of nitrogens with one attached hydrogen (secondary N) is 1. The summed E-state index contributed by atoms with van der Waals surface area (Å²) in [5.41, 5.74) is 0.763. The molecule has 0 aromatic heterocycles. The maximum atomic E-state index is 12.4. The van der Waals surface area contributed by atoms with Crippen molar-refractivity contribution in [3.05, 3.63) is 54.1 Å². The van der Waals surface area contributed by atoms with E-state index in [2.05, 4.69) is 5.32 Å². The topological polar surface area (TPSA) is 63.2 Å². The first-order valence-corrected chi connectivity index (χ1v) is 9.19. The van der Waals surface area contributed by atoms with Gasteiger partial charge in [-0.05, 0) is 48.7 Å². The molecule has 0 unspecified atom stereocenters. The van der Waals surface area contributed by atoms with Crippen LogP contribution in [0.1, 0.15) is 10.4 Å². The van der Waals surface area contributed by atoms with E-state index in [1.807, 2.05) is 12.3 Å². The first-order valence-electron chi connectivity index (χ1n) is 6.42. The largest absolute Gasteiger partial charge is 0.341 e. The zero-order valence-corrected chi connectivity index (χ0v) is 13.6. The van der Waals surface area contributed by atoms with Gasteiger partial charge in [0.25, 0.3) is 5.91 Å². The third-order valence-electron chi connectivity index (χ3n) is 3.01. The minimum absolute atomic E-state index is 0.174. The fraction of sp³-hybridized carbons (Fsp3) is 0.133. The van der Waals surface area contributed by atoms with Crippen LogP contribution in [0.3, 0.4) is 0 Å². The van der Waals surface area contributed by atoms with Crippen molar-refractivity contribution >= 4 is 33.2 Å². The molecule has 23 heavy (non-hydrogen) atoms. The summed E-state index contributed by atoms with van der Waals surface area (Å²) in [7, 11) is -4.66. The number of hydrogen-bond acceptors (Lipinski definition) is 4. The summed E-state index contributed by atoms with van der Waals surface area (Å²) in [5.74, 6) is -3.94. The number of benzene rings is 2. The summed E-state index contributed by atoms with van der Waals surface area (Å²) >= 11 is 1.52. The third-order valence-corrected chi connectivity index (χ3v) is 5.13. The highest BCUT2D eigenvalue weighted by Gasteiger charge is 2.26. The lowest BCUT2D eigenvalue weighted by Crippen LogP contribution is -2.14. The second-order valence-corrected chi connectivity index (χ2v) is 7.31. The van der Waals surface area contributed by atoms with E-state index < -0.39 is 26.4 Å². The summed E-state index contributed by atoms with van der Waals surface area (Å²) in [6.07, 6.45) is 1.91. The summed E-state index contributed by atoms with van der Waals surface area (Å²) in [5, 5.41) is 2.66. The molecule has 0 fully saturated rings. The van der Waals surface area contributed by atoms with Crippen LogP contribution in [0, 0.1) is 0 Å². The number of hydrogen-bond donors (Lipinski definition) is 1. The molecule has 0 radical (unpaired) electrons. The average Bonchev–Trinajstić information content (AvgIpc) is 2.55. The van der Waals surface area contributed by atoms with Gasteiger partial charge < -0.3 is 5.32 Å². The Morgan fingerprint density at radius 2 is 1.78 bits per heavy atom. The summed E-state index contributed by atoms with van der Waals surface area (Å²) in [6.45, 7) is 0. The van der Waals surface area contributed by atoms with E-state index in [0.29, 0.717) is 5.69 Å². The summed E-state index contributed by atoms with van der Waals surface area (Å²) in [4.78, 5) is 12.5. The molecule has 2 aromatic rings. The predicted octanol–water partition coefficient (Wildman–Crippen LogP) is 3.66. The van der Waals surface area contributed by atoms with Crippen molar-refractivity contribution < 1.29 is 22.0 Å². The Labute approximate surface area is 136 Å². The average molecular weight is 357 g/mol. The van der Waals surface area contributed by atoms with Gasteiger partial charge in [0.1, 0.15) is 0 Å². The van der Waals surface area contributed by atoms with Crippen LogP contribution in [0.2, 0.25) is 0 Å². The smallest absolute Gasteiger partial charge is 0.322 e. The van der Waals surface area contributed by atoms with E-state index in [1.54, 1.807) is 18.2 Å². The lowest BCUT2D eigenvalue weighted by atomic mass is 10.2. The van der Waals surface area contributed by atoms with Crippen LogP contribution in [-0.4, -0.2) is 26.3 Å². The van der Waals surface area contributed by atoms with Crippen molar-refractivity contribution in [3.8, 4) is 0 Å². The molecule has 0 aliphatic carbocycles. The van der Waals surface area contributed by atoms with Crippen LogP contribution < -0.4 is 5.32 Å². The Hall–Kier alpha value is -1.93. The van der Waals surface area contributed by atoms with Crippen LogP contribution in [0.4, 0.5) is 14.5 Å². The van der Waals surface area contributed by atoms with Gasteiger partial charge in [0.2, 0.25) is 9.84 Å². The van der Waals surface area contributed by atoms with Gasteiger partial charge in [-0.1, -0.05) is 6.07 Å². The predicted molar refractivity (Wildman–Crippen MR) is 85.8 cm³/mol. The van der Waals surface area contributed by atoms with Gasteiger partial charge in [0.05, 0.1) is 4.90 Å². The van der Waals surface area contributed by atoms with Crippen LogP contribution in [-0.2, 0) is 9.84 Å². The zero-order chi connectivity index (χ0) is 17.0. The maximum Gasteiger partial charge on any atom is 0.341 e. The molecule has 122 valence electrons. The molecule has 0 spiro atoms. The monoisotopic (exact) mass is 357 g/mol. The number of thioether (sulfide) groups is 1. The fourth-order valence-corrected chi connectivity index (χ4v) is 2.98. The molecule has 2 rings (SSSR count). The highest BCUT2D eigenvalue weighted by atomic mass is 32.2. The number of anilines is 1. The van der Waals surface area contributed by atoms with Gasteiger partial charge in [-0.3, -0.25) is 4.79 Å². The minimum atomic E-state index is -4.66. The molecular weight excluding hydrogens is 344 g/mol. The van der Waals surface area contributed by atoms with E-state index in [-0.39, 0.29) is 5.56 Å². The Kier molecular flexibility index (Phi) is 5.38. The molecule has 1 N–H and O–H groups in total. The second-order valence-electron chi connectivity index (χ2n) is 4.52. The number of halogens is 2. The molecule has 0 bridgehead atoms. The second kappa shape index (κ2) is 7.10. The van der Waals surface area contributed by atoms with Gasteiger partial charge in [-0.2, -0.15) is 8.78 Å². The number of sulfone groups is 1. The summed E-state index contributed by atoms with van der Waals surface area (Å²) in [6, 6.07) is 11.6. The Bertz CT molecular complexity index is 806. The molecule has 0 saturated heterocycles. The number of alkyl halides is 2. The van der Waals surface area contributed by atoms with Gasteiger partial charge in [0.15, 0.2) is 0 Å². The Morgan fingerprint density at radius 1 is 1.13 bits per heavy atom. The van der Waals surface area contributed by atoms with E-state index in [9.17, 15) is 22.0 Å². The number of carbonyl (C=O) groups is 1. The molecule has 0 aliphatic rings. The lowest BCUT2D eigenvalue weighted by Gasteiger charge is -2.08. The van der Waals surface area contributed by atoms with E-state index >= 15 is 0 Å². The Balaban J connectivity index is 2.17. The van der Waals surface area contributed by atoms with Crippen molar-refractivity contribution in [1.29, 1.82) is 0 Å². The van der Waals surface area contributed by atoms with Crippen molar-refractivity contribution in [3.63, 3.8) is 0 Å². The molecule has 8 heteroatoms. The van der Waals surface area contributed by atoms with Gasteiger partial charge in [-0.25, -0.2) is 8.42 Å². The van der Waals surface area contributed by atoms with Crippen molar-refractivity contribution in [1.82, 2.24) is 0 Å². The SMILES string of the molecule is CSc1cccc(NC(=O)c2ccc(S(=O)(=O)C(F)F)cc2)c1. The molecule has 0 saturated carbocycles. The normalized spacial score (nSPS) is 11.5. The maximum absolute atomic E-state index is 12.4. The number of amides is 1. The van der Waals surface area contributed by atoms with E-state index in [0.717, 1.165) is 17.0 Å². The minimum Gasteiger partial charge on any atom is -0.322 e. The van der Waals surface area contributed by atoms with Crippen LogP contribution in [0.5, 0.6) is 0 Å². The molecule has 0 aliphatic heterocycles. The lowest BCUT2D eigenvalue weighted by molar-refractivity contribution is 0.102. The Morgan fingerprint density at radius 3 is 2.35 bits per heavy atom. The van der Waals surface area contributed by atoms with Crippen LogP contribution in [0.15, 0.2) is 58.3 Å². The van der Waals surface area contributed by atoms with Crippen molar-refractivity contribution in [2.24, 2.45) is 0 Å². The van der Waals surface area contributed by atoms with E-state index in [1.165, 1.54) is 23.9 Å². The van der Waals surface area contributed by atoms with Crippen molar-refractivity contribution in [2.75, 3.05) is 11.6 Å². The van der Waals surface area contributed by atoms with E-state index in [4.69, 9.17) is 0 Å². The number of rotatable bonds is 5. The fourth-order valence-electron chi connectivity index (χ4n) is 1.80. The van der Waals surface area contributed by atoms with Crippen LogP contribution >= 0.6 is 11.8 Å². The molecule has 4 nitrogen and oxygen atoms in total. The zero-order valence-electron chi connectivity index (χ0n) is 12.0. The van der Waals surface area contributed by atoms with Crippen LogP contribution in [0.25, 0.3) is 0 Å². The molecule has 0 atom stereocenters. The molecule has 0 heterocycles. The highest BCUT2D eigenvalue weighted by molar-refractivity contribution is 7.98. The summed E-state index contributed by atoms with van der Waals surface area (Å²) < 4.78 is 47.5. The molecular formula is C15H13F2NO3S2. The van der Waals surface area contributed by atoms with Gasteiger partial charge in [0, 0.05) is 16.1 Å². The first-order chi connectivity index (χ1) is 10.8. The quantitative estimate of drug-likeness (QED) is 0.830.